The number of benzene rings is 2. The Bertz CT molecular complexity index is 1360. The van der Waals surface area contributed by atoms with Gasteiger partial charge in [0, 0.05) is 88.0 Å². The van der Waals surface area contributed by atoms with E-state index in [1.807, 2.05) is 34.1 Å². The monoisotopic (exact) mass is 557 g/mol. The van der Waals surface area contributed by atoms with E-state index in [0.717, 1.165) is 80.1 Å². The van der Waals surface area contributed by atoms with Crippen LogP contribution >= 0.6 is 0 Å². The van der Waals surface area contributed by atoms with Crippen LogP contribution in [0.2, 0.25) is 0 Å². The standard InChI is InChI=1S/C31H39N7O3/c1-23(39)36-18-16-35(17-19-36)22-41-27-8-9-28-29(20-27)32-21-33-30(28)24-10-14-38(15-11-24)31(40)34-25-4-6-26(7-5-25)37-12-2-3-13-37/h4-9,20-21,24H,2-3,10-19,22H2,1H3,(H,34,40). The molecule has 3 fully saturated rings. The molecule has 3 amide bonds. The van der Waals surface area contributed by atoms with E-state index in [1.54, 1.807) is 13.3 Å². The van der Waals surface area contributed by atoms with Crippen molar-refractivity contribution in [3.63, 3.8) is 0 Å². The molecule has 0 bridgehead atoms. The van der Waals surface area contributed by atoms with Crippen LogP contribution in [0.15, 0.2) is 48.8 Å². The second kappa shape index (κ2) is 12.3. The first-order chi connectivity index (χ1) is 20.0. The number of urea groups is 1. The molecule has 1 aromatic heterocycles. The molecule has 6 rings (SSSR count). The number of carbonyl (C=O) groups excluding carboxylic acids is 2. The smallest absolute Gasteiger partial charge is 0.321 e. The zero-order chi connectivity index (χ0) is 28.2. The molecule has 0 spiro atoms. The summed E-state index contributed by atoms with van der Waals surface area (Å²) in [6.45, 7) is 8.78. The van der Waals surface area contributed by atoms with Crippen LogP contribution in [0.25, 0.3) is 10.9 Å². The summed E-state index contributed by atoms with van der Waals surface area (Å²) in [4.78, 5) is 42.1. The Balaban J connectivity index is 1.02. The average molecular weight is 558 g/mol. The molecule has 3 aliphatic heterocycles. The molecule has 2 aromatic carbocycles. The number of anilines is 2. The second-order valence-electron chi connectivity index (χ2n) is 11.3. The maximum absolute atomic E-state index is 13.0. The van der Waals surface area contributed by atoms with Crippen molar-refractivity contribution in [2.75, 3.05) is 69.3 Å². The Labute approximate surface area is 241 Å². The van der Waals surface area contributed by atoms with Gasteiger partial charge in [-0.15, -0.1) is 0 Å². The number of hydrogen-bond donors (Lipinski definition) is 1. The number of ether oxygens (including phenoxy) is 1. The summed E-state index contributed by atoms with van der Waals surface area (Å²) in [5, 5.41) is 4.11. The maximum Gasteiger partial charge on any atom is 0.321 e. The second-order valence-corrected chi connectivity index (χ2v) is 11.3. The maximum atomic E-state index is 13.0. The summed E-state index contributed by atoms with van der Waals surface area (Å²) in [6, 6.07) is 14.2. The number of amides is 3. The Morgan fingerprint density at radius 3 is 2.32 bits per heavy atom. The van der Waals surface area contributed by atoms with Gasteiger partial charge in [0.15, 0.2) is 0 Å². The Kier molecular flexibility index (Phi) is 8.18. The molecule has 10 heteroatoms. The average Bonchev–Trinajstić information content (AvgIpc) is 3.55. The van der Waals surface area contributed by atoms with Crippen LogP contribution in [0.1, 0.15) is 44.2 Å². The van der Waals surface area contributed by atoms with Gasteiger partial charge in [-0.3, -0.25) is 9.69 Å². The number of aromatic nitrogens is 2. The molecule has 0 aliphatic carbocycles. The van der Waals surface area contributed by atoms with Gasteiger partial charge < -0.3 is 24.8 Å². The summed E-state index contributed by atoms with van der Waals surface area (Å²) in [5.74, 6) is 1.17. The lowest BCUT2D eigenvalue weighted by Crippen LogP contribution is -2.48. The molecule has 4 heterocycles. The third kappa shape index (κ3) is 6.37. The summed E-state index contributed by atoms with van der Waals surface area (Å²) in [5.41, 5.74) is 3.96. The SMILES string of the molecule is CC(=O)N1CCN(COc2ccc3c(C4CCN(C(=O)Nc5ccc(N6CCCC6)cc5)CC4)ncnc3c2)CC1. The minimum absolute atomic E-state index is 0.0468. The lowest BCUT2D eigenvalue weighted by Gasteiger charge is -2.33. The molecule has 0 saturated carbocycles. The fourth-order valence-electron chi connectivity index (χ4n) is 6.12. The van der Waals surface area contributed by atoms with Crippen molar-refractivity contribution in [2.24, 2.45) is 0 Å². The van der Waals surface area contributed by atoms with Gasteiger partial charge >= 0.3 is 6.03 Å². The molecule has 216 valence electrons. The van der Waals surface area contributed by atoms with Crippen LogP contribution in [-0.4, -0.2) is 95.7 Å². The summed E-state index contributed by atoms with van der Waals surface area (Å²) in [7, 11) is 0. The first-order valence-corrected chi connectivity index (χ1v) is 14.8. The van der Waals surface area contributed by atoms with Crippen molar-refractivity contribution < 1.29 is 14.3 Å². The van der Waals surface area contributed by atoms with Crippen molar-refractivity contribution in [2.45, 2.75) is 38.5 Å². The van der Waals surface area contributed by atoms with Crippen molar-refractivity contribution in [1.29, 1.82) is 0 Å². The highest BCUT2D eigenvalue weighted by atomic mass is 16.5. The lowest BCUT2D eigenvalue weighted by atomic mass is 9.91. The topological polar surface area (TPSA) is 94.1 Å². The molecule has 1 N–H and O–H groups in total. The number of carbonyl (C=O) groups is 2. The van der Waals surface area contributed by atoms with Gasteiger partial charge in [0.05, 0.1) is 11.2 Å². The van der Waals surface area contributed by atoms with Crippen molar-refractivity contribution in [1.82, 2.24) is 24.7 Å². The first-order valence-electron chi connectivity index (χ1n) is 14.8. The fourth-order valence-corrected chi connectivity index (χ4v) is 6.12. The molecule has 41 heavy (non-hydrogen) atoms. The van der Waals surface area contributed by atoms with Crippen LogP contribution in [-0.2, 0) is 4.79 Å². The van der Waals surface area contributed by atoms with Gasteiger partial charge in [-0.1, -0.05) is 0 Å². The van der Waals surface area contributed by atoms with Gasteiger partial charge in [0.1, 0.15) is 18.8 Å². The van der Waals surface area contributed by atoms with Gasteiger partial charge in [0.2, 0.25) is 5.91 Å². The third-order valence-corrected chi connectivity index (χ3v) is 8.63. The van der Waals surface area contributed by atoms with E-state index in [0.29, 0.717) is 19.8 Å². The van der Waals surface area contributed by atoms with Crippen LogP contribution < -0.4 is 15.0 Å². The molecule has 0 unspecified atom stereocenters. The van der Waals surface area contributed by atoms with E-state index < -0.39 is 0 Å². The van der Waals surface area contributed by atoms with Crippen molar-refractivity contribution in [3.8, 4) is 5.75 Å². The van der Waals surface area contributed by atoms with Crippen LogP contribution in [0.4, 0.5) is 16.2 Å². The van der Waals surface area contributed by atoms with E-state index >= 15 is 0 Å². The van der Waals surface area contributed by atoms with E-state index in [9.17, 15) is 9.59 Å². The van der Waals surface area contributed by atoms with E-state index in [4.69, 9.17) is 4.74 Å². The zero-order valence-corrected chi connectivity index (χ0v) is 23.8. The fraction of sp³-hybridized carbons (Fsp3) is 0.484. The van der Waals surface area contributed by atoms with Crippen LogP contribution in [0.5, 0.6) is 5.75 Å². The molecule has 0 radical (unpaired) electrons. The van der Waals surface area contributed by atoms with Crippen molar-refractivity contribution in [3.05, 3.63) is 54.5 Å². The highest BCUT2D eigenvalue weighted by Gasteiger charge is 2.26. The number of nitrogens with one attached hydrogen (secondary N) is 1. The Morgan fingerprint density at radius 1 is 0.878 bits per heavy atom. The number of fused-ring (bicyclic) bond motifs is 1. The quantitative estimate of drug-likeness (QED) is 0.487. The summed E-state index contributed by atoms with van der Waals surface area (Å²) < 4.78 is 6.06. The summed E-state index contributed by atoms with van der Waals surface area (Å²) >= 11 is 0. The summed E-state index contributed by atoms with van der Waals surface area (Å²) in [6.07, 6.45) is 5.85. The highest BCUT2D eigenvalue weighted by molar-refractivity contribution is 5.89. The largest absolute Gasteiger partial charge is 0.478 e. The molecular formula is C31H39N7O3. The van der Waals surface area contributed by atoms with Gasteiger partial charge in [-0.05, 0) is 62.1 Å². The predicted molar refractivity (Wildman–Crippen MR) is 159 cm³/mol. The Morgan fingerprint density at radius 2 is 1.61 bits per heavy atom. The third-order valence-electron chi connectivity index (χ3n) is 8.63. The number of nitrogens with zero attached hydrogens (tertiary/aromatic N) is 6. The number of rotatable bonds is 6. The zero-order valence-electron chi connectivity index (χ0n) is 23.8. The normalized spacial score (nSPS) is 18.6. The number of piperidine rings is 1. The minimum atomic E-state index is -0.0468. The van der Waals surface area contributed by atoms with Gasteiger partial charge in [-0.25, -0.2) is 14.8 Å². The van der Waals surface area contributed by atoms with Crippen LogP contribution in [0.3, 0.4) is 0 Å². The molecular weight excluding hydrogens is 518 g/mol. The van der Waals surface area contributed by atoms with E-state index in [2.05, 4.69) is 43.3 Å². The number of likely N-dealkylation sites (tertiary alicyclic amines) is 1. The van der Waals surface area contributed by atoms with E-state index in [1.165, 1.54) is 18.5 Å². The lowest BCUT2D eigenvalue weighted by molar-refractivity contribution is -0.131. The molecule has 3 aliphatic rings. The minimum Gasteiger partial charge on any atom is -0.478 e. The van der Waals surface area contributed by atoms with Gasteiger partial charge in [0.25, 0.3) is 0 Å². The van der Waals surface area contributed by atoms with E-state index in [-0.39, 0.29) is 17.9 Å². The van der Waals surface area contributed by atoms with Crippen LogP contribution in [0, 0.1) is 0 Å². The predicted octanol–water partition coefficient (Wildman–Crippen LogP) is 4.14. The number of hydrogen-bond acceptors (Lipinski definition) is 7. The Hall–Kier alpha value is -3.92. The molecule has 3 saturated heterocycles. The van der Waals surface area contributed by atoms with Gasteiger partial charge in [-0.2, -0.15) is 0 Å². The molecule has 3 aromatic rings. The van der Waals surface area contributed by atoms with Crippen molar-refractivity contribution >= 4 is 34.2 Å². The molecule has 0 atom stereocenters. The first kappa shape index (κ1) is 27.3. The highest BCUT2D eigenvalue weighted by Crippen LogP contribution is 2.32. The number of piperazine rings is 1. The molecule has 10 nitrogen and oxygen atoms in total.